The third-order valence-corrected chi connectivity index (χ3v) is 5.85. The quantitative estimate of drug-likeness (QED) is 0.824. The van der Waals surface area contributed by atoms with E-state index in [2.05, 4.69) is 22.0 Å². The van der Waals surface area contributed by atoms with Gasteiger partial charge >= 0.3 is 6.03 Å². The average Bonchev–Trinajstić information content (AvgIpc) is 2.79. The predicted octanol–water partition coefficient (Wildman–Crippen LogP) is 0.877. The Morgan fingerprint density at radius 1 is 1.27 bits per heavy atom. The Labute approximate surface area is 132 Å². The molecule has 0 aromatic rings. The number of urea groups is 1. The van der Waals surface area contributed by atoms with Gasteiger partial charge in [-0.3, -0.25) is 9.69 Å². The second-order valence-electron chi connectivity index (χ2n) is 7.15. The maximum absolute atomic E-state index is 12.5. The second-order valence-corrected chi connectivity index (χ2v) is 7.15. The maximum atomic E-state index is 12.5. The highest BCUT2D eigenvalue weighted by Crippen LogP contribution is 2.30. The number of rotatable bonds is 2. The summed E-state index contributed by atoms with van der Waals surface area (Å²) >= 11 is 0. The lowest BCUT2D eigenvalue weighted by molar-refractivity contribution is -0.136. The molecular weight excluding hydrogens is 280 g/mol. The molecule has 0 radical (unpaired) electrons. The van der Waals surface area contributed by atoms with Gasteiger partial charge in [0.15, 0.2) is 0 Å². The van der Waals surface area contributed by atoms with E-state index < -0.39 is 0 Å². The fourth-order valence-corrected chi connectivity index (χ4v) is 4.08. The number of hydrogen-bond acceptors (Lipinski definition) is 3. The number of carbonyl (C=O) groups excluding carboxylic acids is 2. The summed E-state index contributed by atoms with van der Waals surface area (Å²) in [6.07, 6.45) is 5.41. The highest BCUT2D eigenvalue weighted by molar-refractivity contribution is 5.79. The summed E-state index contributed by atoms with van der Waals surface area (Å²) in [5, 5.41) is 2.94. The van der Waals surface area contributed by atoms with Crippen LogP contribution in [0.2, 0.25) is 0 Å². The Morgan fingerprint density at radius 3 is 2.59 bits per heavy atom. The van der Waals surface area contributed by atoms with Crippen LogP contribution in [-0.4, -0.2) is 78.0 Å². The number of nitrogens with one attached hydrogen (secondary N) is 1. The van der Waals surface area contributed by atoms with Crippen LogP contribution in [0.4, 0.5) is 4.79 Å². The molecule has 0 aromatic heterocycles. The Morgan fingerprint density at radius 2 is 2.00 bits per heavy atom. The summed E-state index contributed by atoms with van der Waals surface area (Å²) in [4.78, 5) is 30.4. The lowest BCUT2D eigenvalue weighted by atomic mass is 9.87. The van der Waals surface area contributed by atoms with Gasteiger partial charge in [-0.05, 0) is 39.0 Å². The minimum absolute atomic E-state index is 0.0327. The molecule has 1 spiro atoms. The van der Waals surface area contributed by atoms with Gasteiger partial charge in [-0.1, -0.05) is 0 Å². The van der Waals surface area contributed by atoms with Gasteiger partial charge in [0.2, 0.25) is 5.91 Å². The van der Waals surface area contributed by atoms with Gasteiger partial charge in [-0.25, -0.2) is 4.79 Å². The summed E-state index contributed by atoms with van der Waals surface area (Å²) in [6, 6.07) is 0.423. The number of nitrogens with zero attached hydrogens (tertiary/aromatic N) is 3. The van der Waals surface area contributed by atoms with E-state index in [0.29, 0.717) is 12.6 Å². The fraction of sp³-hybridized carbons (Fsp3) is 0.875. The smallest absolute Gasteiger partial charge is 0.317 e. The van der Waals surface area contributed by atoms with Crippen molar-refractivity contribution in [3.63, 3.8) is 0 Å². The zero-order valence-electron chi connectivity index (χ0n) is 13.8. The largest absolute Gasteiger partial charge is 0.339 e. The van der Waals surface area contributed by atoms with Gasteiger partial charge in [0.25, 0.3) is 0 Å². The molecule has 1 unspecified atom stereocenters. The van der Waals surface area contributed by atoms with Crippen molar-refractivity contribution in [2.75, 3.05) is 39.8 Å². The van der Waals surface area contributed by atoms with Crippen molar-refractivity contribution >= 4 is 11.9 Å². The van der Waals surface area contributed by atoms with Crippen molar-refractivity contribution in [3.8, 4) is 0 Å². The number of likely N-dealkylation sites (N-methyl/N-ethyl adjacent to an activating group) is 1. The molecule has 3 aliphatic rings. The van der Waals surface area contributed by atoms with E-state index in [-0.39, 0.29) is 17.5 Å². The standard InChI is InChI=1S/C16H28N4O2/c1-13-5-3-4-8-20(13)14(21)11-19-9-6-16(7-10-19)12-17-15(22)18(16)2/h13H,3-12H2,1-2H3,(H,17,22). The van der Waals surface area contributed by atoms with Crippen LogP contribution >= 0.6 is 0 Å². The van der Waals surface area contributed by atoms with Crippen molar-refractivity contribution in [1.29, 1.82) is 0 Å². The highest BCUT2D eigenvalue weighted by atomic mass is 16.2. The second kappa shape index (κ2) is 6.07. The minimum atomic E-state index is -0.0327. The summed E-state index contributed by atoms with van der Waals surface area (Å²) in [7, 11) is 1.89. The Balaban J connectivity index is 1.52. The molecule has 0 aromatic carbocycles. The normalized spacial score (nSPS) is 29.0. The molecule has 6 heteroatoms. The first kappa shape index (κ1) is 15.6. The van der Waals surface area contributed by atoms with Gasteiger partial charge < -0.3 is 15.1 Å². The van der Waals surface area contributed by atoms with Gasteiger partial charge in [0.1, 0.15) is 0 Å². The third kappa shape index (κ3) is 2.81. The summed E-state index contributed by atoms with van der Waals surface area (Å²) < 4.78 is 0. The molecule has 1 N–H and O–H groups in total. The zero-order chi connectivity index (χ0) is 15.7. The molecule has 6 nitrogen and oxygen atoms in total. The molecule has 124 valence electrons. The van der Waals surface area contributed by atoms with E-state index in [1.807, 2.05) is 11.9 Å². The van der Waals surface area contributed by atoms with E-state index in [4.69, 9.17) is 0 Å². The van der Waals surface area contributed by atoms with Crippen LogP contribution in [0.15, 0.2) is 0 Å². The summed E-state index contributed by atoms with van der Waals surface area (Å²) in [5.74, 6) is 0.275. The van der Waals surface area contributed by atoms with Gasteiger partial charge in [0, 0.05) is 39.3 Å². The Bertz CT molecular complexity index is 445. The summed E-state index contributed by atoms with van der Waals surface area (Å²) in [6.45, 7) is 6.14. The van der Waals surface area contributed by atoms with Crippen LogP contribution in [0.3, 0.4) is 0 Å². The molecule has 0 saturated carbocycles. The van der Waals surface area contributed by atoms with Crippen molar-refractivity contribution in [3.05, 3.63) is 0 Å². The van der Waals surface area contributed by atoms with Crippen molar-refractivity contribution < 1.29 is 9.59 Å². The lowest BCUT2D eigenvalue weighted by Gasteiger charge is -2.43. The van der Waals surface area contributed by atoms with Crippen molar-refractivity contribution in [1.82, 2.24) is 20.0 Å². The zero-order valence-corrected chi connectivity index (χ0v) is 13.8. The number of likely N-dealkylation sites (tertiary alicyclic amines) is 2. The van der Waals surface area contributed by atoms with Crippen LogP contribution in [0.5, 0.6) is 0 Å². The van der Waals surface area contributed by atoms with E-state index >= 15 is 0 Å². The minimum Gasteiger partial charge on any atom is -0.339 e. The molecule has 0 aliphatic carbocycles. The van der Waals surface area contributed by atoms with E-state index in [1.54, 1.807) is 0 Å². The van der Waals surface area contributed by atoms with Crippen LogP contribution in [0.25, 0.3) is 0 Å². The van der Waals surface area contributed by atoms with Gasteiger partial charge in [-0.2, -0.15) is 0 Å². The summed E-state index contributed by atoms with van der Waals surface area (Å²) in [5.41, 5.74) is -0.0327. The lowest BCUT2D eigenvalue weighted by Crippen LogP contribution is -2.55. The number of hydrogen-bond donors (Lipinski definition) is 1. The van der Waals surface area contributed by atoms with Crippen LogP contribution in [0, 0.1) is 0 Å². The fourth-order valence-electron chi connectivity index (χ4n) is 4.08. The number of piperidine rings is 2. The Hall–Kier alpha value is -1.30. The highest BCUT2D eigenvalue weighted by Gasteiger charge is 2.45. The van der Waals surface area contributed by atoms with E-state index in [9.17, 15) is 9.59 Å². The van der Waals surface area contributed by atoms with Crippen LogP contribution < -0.4 is 5.32 Å². The van der Waals surface area contributed by atoms with Gasteiger partial charge in [-0.15, -0.1) is 0 Å². The molecule has 3 aliphatic heterocycles. The maximum Gasteiger partial charge on any atom is 0.317 e. The Kier molecular flexibility index (Phi) is 4.30. The molecule has 3 heterocycles. The number of carbonyl (C=O) groups is 2. The molecule has 22 heavy (non-hydrogen) atoms. The number of amides is 3. The molecule has 1 atom stereocenters. The van der Waals surface area contributed by atoms with Crippen LogP contribution in [0.1, 0.15) is 39.0 Å². The first-order valence-electron chi connectivity index (χ1n) is 8.55. The van der Waals surface area contributed by atoms with E-state index in [0.717, 1.165) is 51.9 Å². The predicted molar refractivity (Wildman–Crippen MR) is 84.6 cm³/mol. The molecule has 3 rings (SSSR count). The SMILES string of the molecule is CC1CCCCN1C(=O)CN1CCC2(CC1)CNC(=O)N2C. The molecule has 3 amide bonds. The molecule has 3 fully saturated rings. The van der Waals surface area contributed by atoms with Crippen LogP contribution in [-0.2, 0) is 4.79 Å². The molecule has 0 bridgehead atoms. The first-order chi connectivity index (χ1) is 10.5. The molecular formula is C16H28N4O2. The monoisotopic (exact) mass is 308 g/mol. The molecule has 3 saturated heterocycles. The van der Waals surface area contributed by atoms with Crippen molar-refractivity contribution in [2.24, 2.45) is 0 Å². The van der Waals surface area contributed by atoms with Crippen molar-refractivity contribution in [2.45, 2.75) is 50.6 Å². The van der Waals surface area contributed by atoms with Gasteiger partial charge in [0.05, 0.1) is 12.1 Å². The third-order valence-electron chi connectivity index (χ3n) is 5.85. The first-order valence-corrected chi connectivity index (χ1v) is 8.55. The van der Waals surface area contributed by atoms with E-state index in [1.165, 1.54) is 6.42 Å². The average molecular weight is 308 g/mol. The topological polar surface area (TPSA) is 55.9 Å².